The molecule has 0 spiro atoms. The van der Waals surface area contributed by atoms with E-state index in [-0.39, 0.29) is 12.5 Å². The number of piperidine rings is 1. The molecule has 24 heavy (non-hydrogen) atoms. The number of aliphatic carboxylic acids is 1. The van der Waals surface area contributed by atoms with Crippen molar-refractivity contribution in [2.24, 2.45) is 0 Å². The maximum Gasteiger partial charge on any atom is 0.326 e. The number of carboxylic acids is 1. The zero-order valence-corrected chi connectivity index (χ0v) is 13.9. The minimum Gasteiger partial charge on any atom is -0.493 e. The van der Waals surface area contributed by atoms with E-state index < -0.39 is 12.0 Å². The number of carboxylic acid groups (broad SMARTS) is 1. The number of likely N-dealkylation sites (tertiary alicyclic amines) is 1. The van der Waals surface area contributed by atoms with Gasteiger partial charge < -0.3 is 19.5 Å². The second kappa shape index (κ2) is 8.38. The predicted octanol–water partition coefficient (Wildman–Crippen LogP) is 2.27. The molecule has 6 nitrogen and oxygen atoms in total. The molecule has 1 saturated heterocycles. The standard InChI is InChI=1S/C18H23NO5/c1-3-6-13-8-9-15(16(11-13)23-2)24-12-17(20)19-10-5-4-7-14(19)18(21)22/h3,8-9,11,14H,1,4-7,10,12H2,2H3,(H,21,22)/t14-/m1/s1. The Morgan fingerprint density at radius 2 is 2.17 bits per heavy atom. The van der Waals surface area contributed by atoms with Gasteiger partial charge in [-0.05, 0) is 43.4 Å². The van der Waals surface area contributed by atoms with Crippen LogP contribution in [-0.2, 0) is 16.0 Å². The third-order valence-corrected chi connectivity index (χ3v) is 4.07. The van der Waals surface area contributed by atoms with Crippen molar-refractivity contribution < 1.29 is 24.2 Å². The second-order valence-corrected chi connectivity index (χ2v) is 5.70. The van der Waals surface area contributed by atoms with E-state index in [1.54, 1.807) is 12.1 Å². The summed E-state index contributed by atoms with van der Waals surface area (Å²) in [6.07, 6.45) is 4.63. The van der Waals surface area contributed by atoms with E-state index in [0.29, 0.717) is 30.9 Å². The molecule has 1 aliphatic rings. The molecule has 1 fully saturated rings. The molecule has 1 heterocycles. The van der Waals surface area contributed by atoms with Crippen molar-refractivity contribution in [1.82, 2.24) is 4.90 Å². The Balaban J connectivity index is 2.02. The van der Waals surface area contributed by atoms with Crippen LogP contribution in [0.5, 0.6) is 11.5 Å². The fourth-order valence-electron chi connectivity index (χ4n) is 2.83. The van der Waals surface area contributed by atoms with Crippen molar-refractivity contribution in [1.29, 1.82) is 0 Å². The van der Waals surface area contributed by atoms with Crippen molar-refractivity contribution in [3.63, 3.8) is 0 Å². The molecule has 0 bridgehead atoms. The van der Waals surface area contributed by atoms with Crippen molar-refractivity contribution in [3.05, 3.63) is 36.4 Å². The van der Waals surface area contributed by atoms with Gasteiger partial charge in [-0.25, -0.2) is 4.79 Å². The molecule has 6 heteroatoms. The van der Waals surface area contributed by atoms with Gasteiger partial charge in [0.15, 0.2) is 18.1 Å². The molecule has 2 rings (SSSR count). The Hall–Kier alpha value is -2.50. The fraction of sp³-hybridized carbons (Fsp3) is 0.444. The van der Waals surface area contributed by atoms with Crippen molar-refractivity contribution >= 4 is 11.9 Å². The number of allylic oxidation sites excluding steroid dienone is 1. The predicted molar refractivity (Wildman–Crippen MR) is 89.4 cm³/mol. The van der Waals surface area contributed by atoms with Gasteiger partial charge in [-0.3, -0.25) is 4.79 Å². The number of carbonyl (C=O) groups is 2. The molecule has 0 radical (unpaired) electrons. The third-order valence-electron chi connectivity index (χ3n) is 4.07. The van der Waals surface area contributed by atoms with Gasteiger partial charge in [0.1, 0.15) is 6.04 Å². The highest BCUT2D eigenvalue weighted by Crippen LogP contribution is 2.28. The third kappa shape index (κ3) is 4.28. The molecule has 0 aromatic heterocycles. The van der Waals surface area contributed by atoms with Crippen molar-refractivity contribution in [2.45, 2.75) is 31.7 Å². The molecule has 0 unspecified atom stereocenters. The number of hydrogen-bond donors (Lipinski definition) is 1. The van der Waals surface area contributed by atoms with Gasteiger partial charge in [0.05, 0.1) is 7.11 Å². The first-order valence-corrected chi connectivity index (χ1v) is 7.99. The molecule has 1 amide bonds. The molecule has 130 valence electrons. The van der Waals surface area contributed by atoms with E-state index in [1.807, 2.05) is 12.1 Å². The van der Waals surface area contributed by atoms with Crippen LogP contribution in [0.1, 0.15) is 24.8 Å². The summed E-state index contributed by atoms with van der Waals surface area (Å²) in [5.74, 6) is -0.285. The SMILES string of the molecule is C=CCc1ccc(OCC(=O)N2CCCC[C@@H]2C(=O)O)c(OC)c1. The molecule has 0 saturated carbocycles. The Morgan fingerprint density at radius 1 is 1.38 bits per heavy atom. The molecule has 1 atom stereocenters. The summed E-state index contributed by atoms with van der Waals surface area (Å²) in [5, 5.41) is 9.24. The number of benzene rings is 1. The lowest BCUT2D eigenvalue weighted by molar-refractivity contribution is -0.152. The van der Waals surface area contributed by atoms with E-state index in [0.717, 1.165) is 18.4 Å². The van der Waals surface area contributed by atoms with Gasteiger partial charge in [0.25, 0.3) is 5.91 Å². The maximum atomic E-state index is 12.3. The van der Waals surface area contributed by atoms with Crippen LogP contribution in [0, 0.1) is 0 Å². The van der Waals surface area contributed by atoms with Gasteiger partial charge in [-0.15, -0.1) is 6.58 Å². The number of rotatable bonds is 7. The highest BCUT2D eigenvalue weighted by atomic mass is 16.5. The Kier molecular flexibility index (Phi) is 6.23. The number of nitrogens with zero attached hydrogens (tertiary/aromatic N) is 1. The second-order valence-electron chi connectivity index (χ2n) is 5.70. The molecular formula is C18H23NO5. The van der Waals surface area contributed by atoms with E-state index in [1.165, 1.54) is 12.0 Å². The van der Waals surface area contributed by atoms with Crippen LogP contribution in [0.2, 0.25) is 0 Å². The molecule has 1 aromatic carbocycles. The van der Waals surface area contributed by atoms with E-state index in [2.05, 4.69) is 6.58 Å². The first-order valence-electron chi connectivity index (χ1n) is 7.99. The zero-order valence-electron chi connectivity index (χ0n) is 13.9. The van der Waals surface area contributed by atoms with Crippen molar-refractivity contribution in [2.75, 3.05) is 20.3 Å². The normalized spacial score (nSPS) is 17.2. The average molecular weight is 333 g/mol. The summed E-state index contributed by atoms with van der Waals surface area (Å²) in [6, 6.07) is 4.70. The van der Waals surface area contributed by atoms with Crippen LogP contribution in [0.4, 0.5) is 0 Å². The number of hydrogen-bond acceptors (Lipinski definition) is 4. The summed E-state index contributed by atoms with van der Waals surface area (Å²) < 4.78 is 10.9. The highest BCUT2D eigenvalue weighted by molar-refractivity contribution is 5.84. The number of carbonyl (C=O) groups excluding carboxylic acids is 1. The van der Waals surface area contributed by atoms with Crippen LogP contribution in [0.15, 0.2) is 30.9 Å². The number of ether oxygens (including phenoxy) is 2. The molecule has 1 aromatic rings. The smallest absolute Gasteiger partial charge is 0.326 e. The van der Waals surface area contributed by atoms with E-state index >= 15 is 0 Å². The van der Waals surface area contributed by atoms with Gasteiger partial charge in [-0.2, -0.15) is 0 Å². The topological polar surface area (TPSA) is 76.1 Å². The summed E-state index contributed by atoms with van der Waals surface area (Å²) in [6.45, 7) is 3.94. The lowest BCUT2D eigenvalue weighted by atomic mass is 10.0. The molecular weight excluding hydrogens is 310 g/mol. The summed E-state index contributed by atoms with van der Waals surface area (Å²) in [7, 11) is 1.53. The Morgan fingerprint density at radius 3 is 2.83 bits per heavy atom. The van der Waals surface area contributed by atoms with Gasteiger partial charge in [-0.1, -0.05) is 12.1 Å². The van der Waals surface area contributed by atoms with Gasteiger partial charge in [0, 0.05) is 6.54 Å². The van der Waals surface area contributed by atoms with Crippen LogP contribution < -0.4 is 9.47 Å². The van der Waals surface area contributed by atoms with Crippen LogP contribution in [-0.4, -0.2) is 48.2 Å². The van der Waals surface area contributed by atoms with E-state index in [9.17, 15) is 14.7 Å². The highest BCUT2D eigenvalue weighted by Gasteiger charge is 2.32. The minimum absolute atomic E-state index is 0.207. The van der Waals surface area contributed by atoms with Crippen molar-refractivity contribution in [3.8, 4) is 11.5 Å². The monoisotopic (exact) mass is 333 g/mol. The molecule has 1 aliphatic heterocycles. The molecule has 0 aliphatic carbocycles. The summed E-state index contributed by atoms with van der Waals surface area (Å²) in [5.41, 5.74) is 1.03. The van der Waals surface area contributed by atoms with Crippen LogP contribution in [0.3, 0.4) is 0 Å². The fourth-order valence-corrected chi connectivity index (χ4v) is 2.83. The largest absolute Gasteiger partial charge is 0.493 e. The quantitative estimate of drug-likeness (QED) is 0.775. The van der Waals surface area contributed by atoms with Gasteiger partial charge in [0.2, 0.25) is 0 Å². The summed E-state index contributed by atoms with van der Waals surface area (Å²) in [4.78, 5) is 25.0. The Bertz CT molecular complexity index is 613. The average Bonchev–Trinajstić information content (AvgIpc) is 2.60. The first-order chi connectivity index (χ1) is 11.6. The Labute approximate surface area is 141 Å². The lowest BCUT2D eigenvalue weighted by Gasteiger charge is -2.32. The zero-order chi connectivity index (χ0) is 17.5. The van der Waals surface area contributed by atoms with Gasteiger partial charge >= 0.3 is 5.97 Å². The first kappa shape index (κ1) is 17.8. The number of amides is 1. The minimum atomic E-state index is -0.964. The maximum absolute atomic E-state index is 12.3. The van der Waals surface area contributed by atoms with Crippen LogP contribution in [0.25, 0.3) is 0 Å². The molecule has 1 N–H and O–H groups in total. The van der Waals surface area contributed by atoms with Crippen LogP contribution >= 0.6 is 0 Å². The van der Waals surface area contributed by atoms with E-state index in [4.69, 9.17) is 9.47 Å². The lowest BCUT2D eigenvalue weighted by Crippen LogP contribution is -2.49. The number of methoxy groups -OCH3 is 1. The summed E-state index contributed by atoms with van der Waals surface area (Å²) >= 11 is 0.